The quantitative estimate of drug-likeness (QED) is 0.0255. The molecule has 5 amide bonds. The standard InChI is InChI=1S/C69H79N9O18S/c1-39-46(44-15-16-51(73-55(44)61(88)89)75-21-19-42-9-6-10-45(47(42)27-75)60(87)74-64-72-48-11-4-5-12-50(48)97-64)25-71-78(39)38-68-33-66(2)32-67(3,34-68)36-69(35-66,37-68)94-23-22-76(26-41(29-79)30-80)65(92)93-31-43-14-13-40(8-7-20-70-52(81)28-77-53(82)17-18-54(77)83)24-49(43)95-63-58(86)56(84)57(85)59(96-63)62(90)91/h4-6,9-18,24-25,41,56-59,63,79-80,84-86H,7-8,19-23,26-38H2,1-3H3,(H,70,81)(H,88,89)(H,90,91)(H,72,74,87)/t56-,57-,58+,59-,63?,66?,67?,68?,69?/m0/s1. The molecular formula is C69H79N9O18S. The summed E-state index contributed by atoms with van der Waals surface area (Å²) in [5.41, 5.74) is 4.52. The minimum Gasteiger partial charge on any atom is -0.479 e. The van der Waals surface area contributed by atoms with Crippen LogP contribution in [0.5, 0.6) is 5.75 Å². The lowest BCUT2D eigenvalue weighted by molar-refractivity contribution is -0.271. The van der Waals surface area contributed by atoms with Crippen molar-refractivity contribution in [1.82, 2.24) is 34.9 Å². The number of anilines is 2. The van der Waals surface area contributed by atoms with Gasteiger partial charge in [-0.25, -0.2) is 24.4 Å². The van der Waals surface area contributed by atoms with Crippen LogP contribution >= 0.6 is 11.3 Å². The SMILES string of the molecule is Cc1c(-c2ccc(N3CCc4cccc(C(=O)Nc5nc6ccccc6s5)c4C3)nc2C(=O)O)cnn1CC12CC3(C)CC(C)(C1)CC(OCCN(CC(CO)CO)C(=O)OCc1ccc(CCCNC(=O)CN4C(=O)C=CC4=O)cc1OC1O[C@H](C(=O)O)[C@@H](O)[C@H](O)[C@H]1O)(C3)C2. The second kappa shape index (κ2) is 27.6. The predicted molar refractivity (Wildman–Crippen MR) is 349 cm³/mol. The van der Waals surface area contributed by atoms with Crippen molar-refractivity contribution in [2.24, 2.45) is 22.2 Å². The van der Waals surface area contributed by atoms with Gasteiger partial charge in [0.15, 0.2) is 16.9 Å². The number of fused-ring (bicyclic) bond motifs is 2. The van der Waals surface area contributed by atoms with E-state index in [1.54, 1.807) is 30.5 Å². The number of aliphatic carboxylic acids is 1. The summed E-state index contributed by atoms with van der Waals surface area (Å²) in [6.07, 6.45) is -0.500. The fourth-order valence-corrected chi connectivity index (χ4v) is 17.2. The average molecular weight is 1350 g/mol. The van der Waals surface area contributed by atoms with E-state index in [2.05, 4.69) is 29.5 Å². The van der Waals surface area contributed by atoms with Crippen molar-refractivity contribution in [2.45, 2.75) is 135 Å². The highest BCUT2D eigenvalue weighted by Gasteiger charge is 2.66. The number of aromatic carboxylic acids is 1. The lowest BCUT2D eigenvalue weighted by Crippen LogP contribution is -2.64. The second-order valence-electron chi connectivity index (χ2n) is 27.5. The van der Waals surface area contributed by atoms with Gasteiger partial charge in [-0.05, 0) is 134 Å². The number of carboxylic acid groups (broad SMARTS) is 2. The minimum atomic E-state index is -2.00. The van der Waals surface area contributed by atoms with Crippen LogP contribution in [0.1, 0.15) is 108 Å². The minimum absolute atomic E-state index is 0.00775. The number of aryl methyl sites for hydroxylation is 1. The smallest absolute Gasteiger partial charge is 0.410 e. The zero-order valence-electron chi connectivity index (χ0n) is 53.9. The van der Waals surface area contributed by atoms with Gasteiger partial charge in [-0.1, -0.05) is 61.6 Å². The van der Waals surface area contributed by atoms with Gasteiger partial charge in [-0.2, -0.15) is 5.10 Å². The Labute approximate surface area is 561 Å². The first-order valence-corrected chi connectivity index (χ1v) is 33.3. The highest BCUT2D eigenvalue weighted by Crippen LogP contribution is 2.72. The van der Waals surface area contributed by atoms with E-state index in [9.17, 15) is 69.3 Å². The number of nitrogens with one attached hydrogen (secondary N) is 2. The maximum absolute atomic E-state index is 14.3. The first-order valence-electron chi connectivity index (χ1n) is 32.4. The summed E-state index contributed by atoms with van der Waals surface area (Å²) in [6, 6.07) is 21.7. The van der Waals surface area contributed by atoms with E-state index in [0.29, 0.717) is 78.5 Å². The molecule has 97 heavy (non-hydrogen) atoms. The molecule has 1 saturated heterocycles. The van der Waals surface area contributed by atoms with Gasteiger partial charge >= 0.3 is 18.0 Å². The number of para-hydroxylation sites is 1. The van der Waals surface area contributed by atoms with Crippen molar-refractivity contribution in [2.75, 3.05) is 62.8 Å². The molecule has 3 unspecified atom stereocenters. The Morgan fingerprint density at radius 2 is 1.61 bits per heavy atom. The second-order valence-corrected chi connectivity index (χ2v) is 28.5. The number of ether oxygens (including phenoxy) is 4. The summed E-state index contributed by atoms with van der Waals surface area (Å²) in [7, 11) is 0. The van der Waals surface area contributed by atoms with Gasteiger partial charge in [-0.3, -0.25) is 34.1 Å². The molecular weight excluding hydrogens is 1270 g/mol. The van der Waals surface area contributed by atoms with Crippen LogP contribution in [0.4, 0.5) is 15.7 Å². The molecule has 4 saturated carbocycles. The first kappa shape index (κ1) is 68.2. The van der Waals surface area contributed by atoms with Crippen LogP contribution in [0, 0.1) is 29.1 Å². The summed E-state index contributed by atoms with van der Waals surface area (Å²) >= 11 is 1.40. The molecule has 4 aliphatic carbocycles. The Bertz CT molecular complexity index is 4010. The molecule has 9 N–H and O–H groups in total. The highest BCUT2D eigenvalue weighted by molar-refractivity contribution is 7.22. The van der Waals surface area contributed by atoms with E-state index in [-0.39, 0.29) is 65.4 Å². The largest absolute Gasteiger partial charge is 0.479 e. The fraction of sp³-hybridized carbons (Fsp3) is 0.478. The van der Waals surface area contributed by atoms with Crippen LogP contribution < -0.4 is 20.3 Å². The summed E-state index contributed by atoms with van der Waals surface area (Å²) < 4.78 is 27.4. The Balaban J connectivity index is 0.717. The number of nitrogens with zero attached hydrogens (tertiary/aromatic N) is 7. The molecule has 7 atom stereocenters. The van der Waals surface area contributed by atoms with E-state index in [1.807, 2.05) is 59.0 Å². The third kappa shape index (κ3) is 14.5. The van der Waals surface area contributed by atoms with Gasteiger partial charge in [0, 0.05) is 98.5 Å². The average Bonchev–Trinajstić information content (AvgIpc) is 1.69. The number of aliphatic hydroxyl groups is 5. The van der Waals surface area contributed by atoms with E-state index < -0.39 is 104 Å². The first-order chi connectivity index (χ1) is 46.3. The maximum Gasteiger partial charge on any atom is 0.410 e. The molecule has 6 heterocycles. The Hall–Kier alpha value is -8.74. The molecule has 0 spiro atoms. The number of aromatic nitrogens is 4. The number of rotatable bonds is 26. The van der Waals surface area contributed by atoms with Crippen LogP contribution in [-0.4, -0.2) is 196 Å². The number of carbonyl (C=O) groups is 7. The van der Waals surface area contributed by atoms with Crippen LogP contribution in [0.3, 0.4) is 0 Å². The monoisotopic (exact) mass is 1350 g/mol. The van der Waals surface area contributed by atoms with Gasteiger partial charge in [0.25, 0.3) is 17.7 Å². The number of carboxylic acids is 2. The fourth-order valence-electron chi connectivity index (χ4n) is 16.3. The van der Waals surface area contributed by atoms with Crippen molar-refractivity contribution in [3.63, 3.8) is 0 Å². The zero-order chi connectivity index (χ0) is 68.7. The molecule has 13 rings (SSSR count). The van der Waals surface area contributed by atoms with Crippen molar-refractivity contribution in [3.05, 3.63) is 130 Å². The molecule has 514 valence electrons. The Morgan fingerprint density at radius 1 is 0.856 bits per heavy atom. The molecule has 4 bridgehead atoms. The molecule has 28 heteroatoms. The molecule has 3 aromatic heterocycles. The summed E-state index contributed by atoms with van der Waals surface area (Å²) in [5, 5.41) is 84.1. The number of thiazole rings is 1. The number of benzene rings is 3. The highest BCUT2D eigenvalue weighted by atomic mass is 32.1. The van der Waals surface area contributed by atoms with Gasteiger partial charge in [-0.15, -0.1) is 0 Å². The number of aliphatic hydroxyl groups excluding tert-OH is 5. The van der Waals surface area contributed by atoms with Gasteiger partial charge in [0.1, 0.15) is 43.0 Å². The van der Waals surface area contributed by atoms with Gasteiger partial charge in [0.05, 0.1) is 28.6 Å². The third-order valence-corrected chi connectivity index (χ3v) is 20.6. The summed E-state index contributed by atoms with van der Waals surface area (Å²) in [6.45, 7) is 6.18. The Morgan fingerprint density at radius 3 is 2.33 bits per heavy atom. The van der Waals surface area contributed by atoms with Crippen molar-refractivity contribution >= 4 is 74.2 Å². The van der Waals surface area contributed by atoms with E-state index in [1.165, 1.54) is 22.3 Å². The Kier molecular flexibility index (Phi) is 19.4. The molecule has 3 aromatic carbocycles. The summed E-state index contributed by atoms with van der Waals surface area (Å²) in [4.78, 5) is 103. The molecule has 5 fully saturated rings. The molecule has 0 radical (unpaired) electrons. The topological polar surface area (TPSA) is 375 Å². The lowest BCUT2D eigenvalue weighted by atomic mass is 9.39. The molecule has 7 aliphatic rings. The number of hydrogen-bond acceptors (Lipinski definition) is 21. The predicted octanol–water partition coefficient (Wildman–Crippen LogP) is 5.00. The van der Waals surface area contributed by atoms with Gasteiger partial charge in [0.2, 0.25) is 12.2 Å². The van der Waals surface area contributed by atoms with Crippen LogP contribution in [-0.2, 0) is 65.9 Å². The van der Waals surface area contributed by atoms with E-state index >= 15 is 0 Å². The number of pyridine rings is 1. The number of imide groups is 1. The normalized spacial score (nSPS) is 25.6. The molecule has 3 aliphatic heterocycles. The van der Waals surface area contributed by atoms with E-state index in [4.69, 9.17) is 29.0 Å². The number of amides is 5. The van der Waals surface area contributed by atoms with Gasteiger partial charge < -0.3 is 69.8 Å². The molecule has 27 nitrogen and oxygen atoms in total. The van der Waals surface area contributed by atoms with Crippen molar-refractivity contribution in [3.8, 4) is 16.9 Å². The van der Waals surface area contributed by atoms with Crippen molar-refractivity contribution in [1.29, 1.82) is 0 Å². The number of carbonyl (C=O) groups excluding carboxylic acids is 5. The lowest BCUT2D eigenvalue weighted by Gasteiger charge is -2.69. The van der Waals surface area contributed by atoms with Crippen LogP contribution in [0.15, 0.2) is 91.1 Å². The molecule has 6 aromatic rings. The zero-order valence-corrected chi connectivity index (χ0v) is 54.7. The maximum atomic E-state index is 14.3. The van der Waals surface area contributed by atoms with Crippen molar-refractivity contribution < 1.29 is 88.3 Å². The van der Waals surface area contributed by atoms with Crippen LogP contribution in [0.2, 0.25) is 0 Å². The third-order valence-electron chi connectivity index (χ3n) is 19.7. The van der Waals surface area contributed by atoms with E-state index in [0.717, 1.165) is 76.2 Å². The van der Waals surface area contributed by atoms with Crippen LogP contribution in [0.25, 0.3) is 21.3 Å². The number of hydrogen-bond donors (Lipinski definition) is 9. The summed E-state index contributed by atoms with van der Waals surface area (Å²) in [5.74, 6) is -5.23.